The molecule has 5 heteroatoms. The summed E-state index contributed by atoms with van der Waals surface area (Å²) < 4.78 is 20.9. The van der Waals surface area contributed by atoms with Gasteiger partial charge in [0.05, 0.1) is 5.25 Å². The van der Waals surface area contributed by atoms with Crippen LogP contribution in [0.25, 0.3) is 0 Å². The minimum atomic E-state index is -3.43. The average Bonchev–Trinajstić information content (AvgIpc) is 1.62. The van der Waals surface area contributed by atoms with Gasteiger partial charge in [-0.3, -0.25) is 0 Å². The van der Waals surface area contributed by atoms with Gasteiger partial charge in [0.1, 0.15) is 0 Å². The zero-order chi connectivity index (χ0) is 7.65. The highest BCUT2D eigenvalue weighted by Gasteiger charge is 2.18. The van der Waals surface area contributed by atoms with Crippen LogP contribution in [0.5, 0.6) is 0 Å². The number of hydrogen-bond donors (Lipinski definition) is 2. The fourth-order valence-electron chi connectivity index (χ4n) is 0.299. The zero-order valence-electron chi connectivity index (χ0n) is 5.53. The van der Waals surface area contributed by atoms with Crippen molar-refractivity contribution < 1.29 is 8.42 Å². The zero-order valence-corrected chi connectivity index (χ0v) is 6.35. The molecule has 0 aliphatic carbocycles. The minimum absolute atomic E-state index is 0.403. The molecule has 0 aromatic heterocycles. The van der Waals surface area contributed by atoms with E-state index in [1.54, 1.807) is 6.92 Å². The van der Waals surface area contributed by atoms with E-state index in [9.17, 15) is 8.42 Å². The molecule has 0 aliphatic rings. The van der Waals surface area contributed by atoms with Gasteiger partial charge < -0.3 is 5.73 Å². The van der Waals surface area contributed by atoms with Crippen LogP contribution in [0.3, 0.4) is 0 Å². The molecule has 0 heterocycles. The first-order valence-corrected chi connectivity index (χ1v) is 4.24. The van der Waals surface area contributed by atoms with Crippen LogP contribution < -0.4 is 10.9 Å². The third kappa shape index (κ3) is 2.78. The van der Waals surface area contributed by atoms with Crippen LogP contribution in [-0.4, -0.2) is 19.7 Å². The van der Waals surface area contributed by atoms with Crippen molar-refractivity contribution >= 4 is 10.0 Å². The van der Waals surface area contributed by atoms with E-state index >= 15 is 0 Å². The molecule has 4 N–H and O–H groups in total. The molecule has 0 aromatic carbocycles. The Labute approximate surface area is 55.3 Å². The topological polar surface area (TPSA) is 86.2 Å². The van der Waals surface area contributed by atoms with Crippen molar-refractivity contribution in [1.29, 1.82) is 0 Å². The van der Waals surface area contributed by atoms with E-state index < -0.39 is 21.3 Å². The maximum Gasteiger partial charge on any atom is 0.213 e. The first-order valence-electron chi connectivity index (χ1n) is 2.63. The van der Waals surface area contributed by atoms with Crippen molar-refractivity contribution in [2.24, 2.45) is 10.9 Å². The predicted octanol–water partition coefficient (Wildman–Crippen LogP) is -0.989. The van der Waals surface area contributed by atoms with Crippen molar-refractivity contribution in [3.8, 4) is 0 Å². The van der Waals surface area contributed by atoms with E-state index in [-0.39, 0.29) is 0 Å². The average molecular weight is 152 g/mol. The molecule has 0 bridgehead atoms. The Kier molecular flexibility index (Phi) is 2.60. The number of sulfonamides is 1. The van der Waals surface area contributed by atoms with Gasteiger partial charge in [-0.2, -0.15) is 0 Å². The van der Waals surface area contributed by atoms with Crippen molar-refractivity contribution in [3.63, 3.8) is 0 Å². The highest BCUT2D eigenvalue weighted by molar-refractivity contribution is 7.89. The minimum Gasteiger partial charge on any atom is -0.327 e. The molecule has 0 spiro atoms. The summed E-state index contributed by atoms with van der Waals surface area (Å²) in [6, 6.07) is -0.403. The standard InChI is InChI=1S/C4H12N2O2S/c1-3(5)4(2)9(6,7)8/h3-4H,5H2,1-2H3,(H2,6,7,8). The summed E-state index contributed by atoms with van der Waals surface area (Å²) in [4.78, 5) is 0. The molecule has 0 radical (unpaired) electrons. The van der Waals surface area contributed by atoms with Gasteiger partial charge in [-0.15, -0.1) is 0 Å². The molecule has 0 saturated heterocycles. The number of hydrogen-bond acceptors (Lipinski definition) is 3. The van der Waals surface area contributed by atoms with Crippen molar-refractivity contribution in [1.82, 2.24) is 0 Å². The van der Waals surface area contributed by atoms with E-state index in [0.717, 1.165) is 0 Å². The van der Waals surface area contributed by atoms with Gasteiger partial charge in [0.2, 0.25) is 10.0 Å². The lowest BCUT2D eigenvalue weighted by Gasteiger charge is -2.11. The van der Waals surface area contributed by atoms with Crippen LogP contribution in [0.4, 0.5) is 0 Å². The SMILES string of the molecule is CC(N)C(C)S(N)(=O)=O. The number of nitrogens with two attached hydrogens (primary N) is 2. The van der Waals surface area contributed by atoms with Crippen LogP contribution >= 0.6 is 0 Å². The van der Waals surface area contributed by atoms with Crippen molar-refractivity contribution in [2.75, 3.05) is 0 Å². The predicted molar refractivity (Wildman–Crippen MR) is 36.2 cm³/mol. The third-order valence-electron chi connectivity index (χ3n) is 1.26. The van der Waals surface area contributed by atoms with E-state index in [1.165, 1.54) is 6.92 Å². The Morgan fingerprint density at radius 1 is 1.33 bits per heavy atom. The summed E-state index contributed by atoms with van der Waals surface area (Å²) in [6.45, 7) is 3.09. The van der Waals surface area contributed by atoms with Gasteiger partial charge in [0, 0.05) is 6.04 Å². The molecule has 2 unspecified atom stereocenters. The van der Waals surface area contributed by atoms with Crippen LogP contribution in [0.1, 0.15) is 13.8 Å². The van der Waals surface area contributed by atoms with Crippen molar-refractivity contribution in [3.05, 3.63) is 0 Å². The van der Waals surface area contributed by atoms with E-state index in [0.29, 0.717) is 0 Å². The summed E-state index contributed by atoms with van der Waals surface area (Å²) in [6.07, 6.45) is 0. The third-order valence-corrected chi connectivity index (χ3v) is 2.72. The van der Waals surface area contributed by atoms with Crippen LogP contribution in [0, 0.1) is 0 Å². The second-order valence-corrected chi connectivity index (χ2v) is 4.07. The second-order valence-electron chi connectivity index (χ2n) is 2.15. The molecule has 0 fully saturated rings. The molecule has 2 atom stereocenters. The van der Waals surface area contributed by atoms with Gasteiger partial charge in [0.25, 0.3) is 0 Å². The second kappa shape index (κ2) is 2.64. The maximum atomic E-state index is 10.5. The lowest BCUT2D eigenvalue weighted by molar-refractivity contribution is 0.570. The summed E-state index contributed by atoms with van der Waals surface area (Å²) in [7, 11) is -3.43. The Morgan fingerprint density at radius 3 is 1.67 bits per heavy atom. The van der Waals surface area contributed by atoms with Gasteiger partial charge in [-0.05, 0) is 13.8 Å². The molecule has 0 aromatic rings. The van der Waals surface area contributed by atoms with E-state index in [1.807, 2.05) is 0 Å². The highest BCUT2D eigenvalue weighted by Crippen LogP contribution is 1.97. The van der Waals surface area contributed by atoms with E-state index in [4.69, 9.17) is 10.9 Å². The Bertz CT molecular complexity index is 173. The summed E-state index contributed by atoms with van der Waals surface area (Å²) >= 11 is 0. The molecular weight excluding hydrogens is 140 g/mol. The lowest BCUT2D eigenvalue weighted by Crippen LogP contribution is -2.39. The molecule has 0 aliphatic heterocycles. The van der Waals surface area contributed by atoms with Crippen molar-refractivity contribution in [2.45, 2.75) is 25.1 Å². The quantitative estimate of drug-likeness (QED) is 0.532. The molecule has 0 amide bonds. The number of primary sulfonamides is 1. The van der Waals surface area contributed by atoms with E-state index in [2.05, 4.69) is 0 Å². The smallest absolute Gasteiger partial charge is 0.213 e. The molecule has 4 nitrogen and oxygen atoms in total. The highest BCUT2D eigenvalue weighted by atomic mass is 32.2. The molecule has 0 rings (SSSR count). The molecule has 9 heavy (non-hydrogen) atoms. The fraction of sp³-hybridized carbons (Fsp3) is 1.00. The Balaban J connectivity index is 4.24. The fourth-order valence-corrected chi connectivity index (χ4v) is 0.898. The molecule has 56 valence electrons. The van der Waals surface area contributed by atoms with Gasteiger partial charge >= 0.3 is 0 Å². The Morgan fingerprint density at radius 2 is 1.67 bits per heavy atom. The molecule has 0 saturated carbocycles. The Hall–Kier alpha value is -0.130. The summed E-state index contributed by atoms with van der Waals surface area (Å²) in [5, 5.41) is 4.12. The number of rotatable bonds is 2. The first-order chi connectivity index (χ1) is 3.85. The largest absolute Gasteiger partial charge is 0.327 e. The summed E-state index contributed by atoms with van der Waals surface area (Å²) in [5.41, 5.74) is 5.26. The summed E-state index contributed by atoms with van der Waals surface area (Å²) in [5.74, 6) is 0. The van der Waals surface area contributed by atoms with Gasteiger partial charge in [-0.1, -0.05) is 0 Å². The normalized spacial score (nSPS) is 19.1. The van der Waals surface area contributed by atoms with Crippen LogP contribution in [-0.2, 0) is 10.0 Å². The van der Waals surface area contributed by atoms with Gasteiger partial charge in [0.15, 0.2) is 0 Å². The lowest BCUT2D eigenvalue weighted by atomic mass is 10.3. The van der Waals surface area contributed by atoms with Gasteiger partial charge in [-0.25, -0.2) is 13.6 Å². The maximum absolute atomic E-state index is 10.5. The monoisotopic (exact) mass is 152 g/mol. The first kappa shape index (κ1) is 8.87. The molecular formula is C4H12N2O2S. The van der Waals surface area contributed by atoms with Crippen LogP contribution in [0.15, 0.2) is 0 Å². The van der Waals surface area contributed by atoms with Crippen LogP contribution in [0.2, 0.25) is 0 Å².